The predicted octanol–water partition coefficient (Wildman–Crippen LogP) is 3.46. The molecule has 78 valence electrons. The van der Waals surface area contributed by atoms with Crippen LogP contribution in [0.5, 0.6) is 0 Å². The Hall–Kier alpha value is -1.66. The predicted molar refractivity (Wildman–Crippen MR) is 63.9 cm³/mol. The average molecular weight is 227 g/mol. The number of benzene rings is 1. The Kier molecular flexibility index (Phi) is 2.05. The third-order valence-corrected chi connectivity index (χ3v) is 4.05. The SMILES string of the molecule is N#Cc1sc2cc(C=O)ccc2c1C1CC1. The first kappa shape index (κ1) is 9.56. The lowest BCUT2D eigenvalue weighted by Gasteiger charge is -1.96. The minimum absolute atomic E-state index is 0.575. The van der Waals surface area contributed by atoms with Crippen LogP contribution < -0.4 is 0 Å². The molecule has 0 atom stereocenters. The average Bonchev–Trinajstić information content (AvgIpc) is 3.08. The van der Waals surface area contributed by atoms with E-state index in [4.69, 9.17) is 5.26 Å². The Morgan fingerprint density at radius 3 is 2.88 bits per heavy atom. The van der Waals surface area contributed by atoms with Gasteiger partial charge in [0.05, 0.1) is 0 Å². The first-order chi connectivity index (χ1) is 7.83. The van der Waals surface area contributed by atoms with Crippen LogP contribution in [0.4, 0.5) is 0 Å². The second kappa shape index (κ2) is 3.43. The van der Waals surface area contributed by atoms with E-state index >= 15 is 0 Å². The summed E-state index contributed by atoms with van der Waals surface area (Å²) in [6.45, 7) is 0. The van der Waals surface area contributed by atoms with Gasteiger partial charge >= 0.3 is 0 Å². The van der Waals surface area contributed by atoms with E-state index in [0.717, 1.165) is 21.2 Å². The largest absolute Gasteiger partial charge is 0.298 e. The minimum Gasteiger partial charge on any atom is -0.298 e. The van der Waals surface area contributed by atoms with E-state index < -0.39 is 0 Å². The molecule has 0 amide bonds. The van der Waals surface area contributed by atoms with Crippen molar-refractivity contribution in [2.75, 3.05) is 0 Å². The number of nitrogens with zero attached hydrogens (tertiary/aromatic N) is 1. The molecule has 1 aliphatic rings. The topological polar surface area (TPSA) is 40.9 Å². The number of carbonyl (C=O) groups is 1. The summed E-state index contributed by atoms with van der Waals surface area (Å²) in [6, 6.07) is 7.95. The standard InChI is InChI=1S/C13H9NOS/c14-6-12-13(9-2-3-9)10-4-1-8(7-15)5-11(10)16-12/h1,4-5,7,9H,2-3H2. The summed E-state index contributed by atoms with van der Waals surface area (Å²) in [7, 11) is 0. The molecule has 2 nitrogen and oxygen atoms in total. The van der Waals surface area contributed by atoms with Gasteiger partial charge in [0, 0.05) is 10.3 Å². The van der Waals surface area contributed by atoms with Crippen LogP contribution in [0.3, 0.4) is 0 Å². The van der Waals surface area contributed by atoms with Crippen LogP contribution >= 0.6 is 11.3 Å². The molecule has 0 N–H and O–H groups in total. The first-order valence-corrected chi connectivity index (χ1v) is 6.07. The molecule has 1 fully saturated rings. The van der Waals surface area contributed by atoms with Gasteiger partial charge in [-0.3, -0.25) is 4.79 Å². The number of hydrogen-bond acceptors (Lipinski definition) is 3. The molecule has 0 unspecified atom stereocenters. The first-order valence-electron chi connectivity index (χ1n) is 5.25. The van der Waals surface area contributed by atoms with Gasteiger partial charge in [0.2, 0.25) is 0 Å². The normalized spacial score (nSPS) is 14.9. The highest BCUT2D eigenvalue weighted by molar-refractivity contribution is 7.19. The fourth-order valence-corrected chi connectivity index (χ4v) is 3.20. The molecule has 1 aromatic carbocycles. The molecule has 0 spiro atoms. The van der Waals surface area contributed by atoms with Gasteiger partial charge in [0.15, 0.2) is 0 Å². The number of fused-ring (bicyclic) bond motifs is 1. The van der Waals surface area contributed by atoms with Gasteiger partial charge in [0.25, 0.3) is 0 Å². The Labute approximate surface area is 97.1 Å². The van der Waals surface area contributed by atoms with Crippen molar-refractivity contribution in [2.45, 2.75) is 18.8 Å². The smallest absolute Gasteiger partial charge is 0.150 e. The molecule has 0 radical (unpaired) electrons. The Balaban J connectivity index is 2.30. The highest BCUT2D eigenvalue weighted by Crippen LogP contribution is 2.47. The second-order valence-corrected chi connectivity index (χ2v) is 5.16. The molecule has 16 heavy (non-hydrogen) atoms. The molecule has 0 saturated heterocycles. The van der Waals surface area contributed by atoms with Crippen molar-refractivity contribution in [2.24, 2.45) is 0 Å². The summed E-state index contributed by atoms with van der Waals surface area (Å²) in [6.07, 6.45) is 3.23. The van der Waals surface area contributed by atoms with Crippen molar-refractivity contribution in [3.8, 4) is 6.07 Å². The zero-order chi connectivity index (χ0) is 11.1. The third kappa shape index (κ3) is 1.35. The van der Waals surface area contributed by atoms with Crippen molar-refractivity contribution >= 4 is 27.7 Å². The lowest BCUT2D eigenvalue weighted by Crippen LogP contribution is -1.81. The van der Waals surface area contributed by atoms with Crippen LogP contribution in [0, 0.1) is 11.3 Å². The van der Waals surface area contributed by atoms with Crippen LogP contribution in [0.1, 0.15) is 39.6 Å². The molecule has 1 aliphatic carbocycles. The van der Waals surface area contributed by atoms with E-state index in [1.165, 1.54) is 29.7 Å². The minimum atomic E-state index is 0.575. The van der Waals surface area contributed by atoms with Gasteiger partial charge in [-0.15, -0.1) is 11.3 Å². The number of hydrogen-bond donors (Lipinski definition) is 0. The fraction of sp³-hybridized carbons (Fsp3) is 0.231. The lowest BCUT2D eigenvalue weighted by molar-refractivity contribution is 0.112. The number of nitriles is 1. The van der Waals surface area contributed by atoms with Crippen molar-refractivity contribution < 1.29 is 4.79 Å². The van der Waals surface area contributed by atoms with Crippen LogP contribution in [0.2, 0.25) is 0 Å². The lowest BCUT2D eigenvalue weighted by atomic mass is 10.1. The molecule has 2 aromatic rings. The van der Waals surface area contributed by atoms with E-state index in [0.29, 0.717) is 11.5 Å². The van der Waals surface area contributed by atoms with Crippen molar-refractivity contribution in [1.82, 2.24) is 0 Å². The van der Waals surface area contributed by atoms with Gasteiger partial charge in [-0.1, -0.05) is 12.1 Å². The summed E-state index contributed by atoms with van der Waals surface area (Å²) in [4.78, 5) is 11.5. The van der Waals surface area contributed by atoms with Crippen molar-refractivity contribution in [3.63, 3.8) is 0 Å². The quantitative estimate of drug-likeness (QED) is 0.737. The summed E-state index contributed by atoms with van der Waals surface area (Å²) < 4.78 is 1.06. The molecule has 3 heteroatoms. The van der Waals surface area contributed by atoms with E-state index in [-0.39, 0.29) is 0 Å². The molecule has 1 heterocycles. The van der Waals surface area contributed by atoms with Crippen molar-refractivity contribution in [3.05, 3.63) is 34.2 Å². The number of carbonyl (C=O) groups excluding carboxylic acids is 1. The van der Waals surface area contributed by atoms with Crippen LogP contribution in [0.15, 0.2) is 18.2 Å². The van der Waals surface area contributed by atoms with E-state index in [9.17, 15) is 4.79 Å². The van der Waals surface area contributed by atoms with Crippen LogP contribution in [-0.2, 0) is 0 Å². The summed E-state index contributed by atoms with van der Waals surface area (Å²) in [5, 5.41) is 10.3. The van der Waals surface area contributed by atoms with Gasteiger partial charge in [-0.2, -0.15) is 5.26 Å². The fourth-order valence-electron chi connectivity index (χ4n) is 2.07. The molecular formula is C13H9NOS. The summed E-state index contributed by atoms with van der Waals surface area (Å²) >= 11 is 1.50. The molecule has 0 bridgehead atoms. The van der Waals surface area contributed by atoms with Crippen LogP contribution in [-0.4, -0.2) is 6.29 Å². The zero-order valence-corrected chi connectivity index (χ0v) is 9.38. The zero-order valence-electron chi connectivity index (χ0n) is 8.56. The monoisotopic (exact) mass is 227 g/mol. The van der Waals surface area contributed by atoms with Gasteiger partial charge < -0.3 is 0 Å². The number of rotatable bonds is 2. The molecule has 1 aromatic heterocycles. The Bertz CT molecular complexity index is 617. The van der Waals surface area contributed by atoms with E-state index in [1.54, 1.807) is 0 Å². The summed E-state index contributed by atoms with van der Waals surface area (Å²) in [5.41, 5.74) is 1.89. The maximum absolute atomic E-state index is 10.7. The van der Waals surface area contributed by atoms with Gasteiger partial charge in [-0.05, 0) is 35.8 Å². The molecular weight excluding hydrogens is 218 g/mol. The third-order valence-electron chi connectivity index (χ3n) is 2.98. The van der Waals surface area contributed by atoms with E-state index in [1.807, 2.05) is 18.2 Å². The molecule has 1 saturated carbocycles. The molecule has 0 aliphatic heterocycles. The second-order valence-electron chi connectivity index (χ2n) is 4.10. The summed E-state index contributed by atoms with van der Waals surface area (Å²) in [5.74, 6) is 0.575. The van der Waals surface area contributed by atoms with E-state index in [2.05, 4.69) is 6.07 Å². The Morgan fingerprint density at radius 2 is 2.25 bits per heavy atom. The highest BCUT2D eigenvalue weighted by atomic mass is 32.1. The number of thiophene rings is 1. The maximum Gasteiger partial charge on any atom is 0.150 e. The number of aldehydes is 1. The Morgan fingerprint density at radius 1 is 1.44 bits per heavy atom. The maximum atomic E-state index is 10.7. The van der Waals surface area contributed by atoms with Crippen molar-refractivity contribution in [1.29, 1.82) is 5.26 Å². The highest BCUT2D eigenvalue weighted by Gasteiger charge is 2.29. The van der Waals surface area contributed by atoms with Crippen LogP contribution in [0.25, 0.3) is 10.1 Å². The van der Waals surface area contributed by atoms with Gasteiger partial charge in [0.1, 0.15) is 17.2 Å². The molecule has 3 rings (SSSR count). The van der Waals surface area contributed by atoms with Gasteiger partial charge in [-0.25, -0.2) is 0 Å².